The van der Waals surface area contributed by atoms with Gasteiger partial charge >= 0.3 is 0 Å². The summed E-state index contributed by atoms with van der Waals surface area (Å²) in [6.07, 6.45) is 4.28. The van der Waals surface area contributed by atoms with E-state index in [0.717, 1.165) is 0 Å². The van der Waals surface area contributed by atoms with Gasteiger partial charge in [0.1, 0.15) is 0 Å². The van der Waals surface area contributed by atoms with Crippen LogP contribution in [0.25, 0.3) is 6.08 Å². The lowest BCUT2D eigenvalue weighted by Gasteiger charge is -2.19. The van der Waals surface area contributed by atoms with Crippen LogP contribution in [-0.4, -0.2) is 25.9 Å². The van der Waals surface area contributed by atoms with Gasteiger partial charge in [0.25, 0.3) is 0 Å². The smallest absolute Gasteiger partial charge is 0.0993 e. The third kappa shape index (κ3) is 3.69. The molecule has 1 aromatic carbocycles. The SMILES string of the molecule is CC(C)c1ccc(/C=C/C2COCCO2)cc1. The molecule has 0 radical (unpaired) electrons. The van der Waals surface area contributed by atoms with E-state index in [9.17, 15) is 0 Å². The molecule has 17 heavy (non-hydrogen) atoms. The van der Waals surface area contributed by atoms with Crippen molar-refractivity contribution in [3.63, 3.8) is 0 Å². The maximum atomic E-state index is 5.55. The summed E-state index contributed by atoms with van der Waals surface area (Å²) in [6, 6.07) is 8.66. The van der Waals surface area contributed by atoms with Gasteiger partial charge in [-0.3, -0.25) is 0 Å². The van der Waals surface area contributed by atoms with Crippen molar-refractivity contribution in [1.29, 1.82) is 0 Å². The molecule has 1 aliphatic heterocycles. The van der Waals surface area contributed by atoms with Gasteiger partial charge in [-0.2, -0.15) is 0 Å². The fourth-order valence-electron chi connectivity index (χ4n) is 1.83. The Balaban J connectivity index is 1.95. The highest BCUT2D eigenvalue weighted by molar-refractivity contribution is 5.50. The van der Waals surface area contributed by atoms with Crippen molar-refractivity contribution in [3.05, 3.63) is 41.5 Å². The average Bonchev–Trinajstić information content (AvgIpc) is 2.38. The van der Waals surface area contributed by atoms with Crippen molar-refractivity contribution < 1.29 is 9.47 Å². The molecule has 1 fully saturated rings. The molecule has 2 rings (SSSR count). The van der Waals surface area contributed by atoms with Crippen molar-refractivity contribution >= 4 is 6.08 Å². The average molecular weight is 232 g/mol. The molecule has 92 valence electrons. The van der Waals surface area contributed by atoms with E-state index in [2.05, 4.69) is 50.3 Å². The molecule has 1 unspecified atom stereocenters. The van der Waals surface area contributed by atoms with Gasteiger partial charge in [0, 0.05) is 0 Å². The summed E-state index contributed by atoms with van der Waals surface area (Å²) in [5, 5.41) is 0. The molecule has 1 heterocycles. The summed E-state index contributed by atoms with van der Waals surface area (Å²) in [6.45, 7) is 6.49. The van der Waals surface area contributed by atoms with Crippen LogP contribution in [0.15, 0.2) is 30.3 Å². The lowest BCUT2D eigenvalue weighted by atomic mass is 10.0. The molecular formula is C15H20O2. The first-order valence-electron chi connectivity index (χ1n) is 6.23. The third-order valence-electron chi connectivity index (χ3n) is 2.95. The van der Waals surface area contributed by atoms with E-state index in [1.54, 1.807) is 0 Å². The maximum Gasteiger partial charge on any atom is 0.0993 e. The zero-order chi connectivity index (χ0) is 12.1. The van der Waals surface area contributed by atoms with Gasteiger partial charge in [-0.25, -0.2) is 0 Å². The number of hydrogen-bond acceptors (Lipinski definition) is 2. The Hall–Kier alpha value is -1.12. The molecule has 1 aromatic rings. The summed E-state index contributed by atoms with van der Waals surface area (Å²) >= 11 is 0. The monoisotopic (exact) mass is 232 g/mol. The second kappa shape index (κ2) is 5.99. The highest BCUT2D eigenvalue weighted by atomic mass is 16.6. The maximum absolute atomic E-state index is 5.55. The van der Waals surface area contributed by atoms with E-state index in [-0.39, 0.29) is 6.10 Å². The Morgan fingerprint density at radius 3 is 2.53 bits per heavy atom. The first-order valence-corrected chi connectivity index (χ1v) is 6.23. The van der Waals surface area contributed by atoms with Crippen molar-refractivity contribution in [1.82, 2.24) is 0 Å². The second-order valence-electron chi connectivity index (χ2n) is 4.66. The largest absolute Gasteiger partial charge is 0.376 e. The predicted octanol–water partition coefficient (Wildman–Crippen LogP) is 3.24. The van der Waals surface area contributed by atoms with E-state index < -0.39 is 0 Å². The standard InChI is InChI=1S/C15H20O2/c1-12(2)14-6-3-13(4-7-14)5-8-15-11-16-9-10-17-15/h3-8,12,15H,9-11H2,1-2H3/b8-5+. The van der Waals surface area contributed by atoms with E-state index in [1.165, 1.54) is 11.1 Å². The molecule has 0 spiro atoms. The van der Waals surface area contributed by atoms with Crippen molar-refractivity contribution in [2.75, 3.05) is 19.8 Å². The third-order valence-corrected chi connectivity index (χ3v) is 2.95. The van der Waals surface area contributed by atoms with Gasteiger partial charge in [-0.15, -0.1) is 0 Å². The molecule has 0 saturated carbocycles. The molecule has 0 N–H and O–H groups in total. The van der Waals surface area contributed by atoms with Crippen LogP contribution >= 0.6 is 0 Å². The summed E-state index contributed by atoms with van der Waals surface area (Å²) in [5.41, 5.74) is 2.59. The van der Waals surface area contributed by atoms with Gasteiger partial charge in [-0.1, -0.05) is 50.3 Å². The number of rotatable bonds is 3. The number of benzene rings is 1. The second-order valence-corrected chi connectivity index (χ2v) is 4.66. The van der Waals surface area contributed by atoms with Crippen LogP contribution in [0, 0.1) is 0 Å². The molecule has 1 saturated heterocycles. The lowest BCUT2D eigenvalue weighted by Crippen LogP contribution is -2.26. The van der Waals surface area contributed by atoms with E-state index in [4.69, 9.17) is 9.47 Å². The molecule has 2 heteroatoms. The number of ether oxygens (including phenoxy) is 2. The normalized spacial score (nSPS) is 21.2. The van der Waals surface area contributed by atoms with E-state index >= 15 is 0 Å². The van der Waals surface area contributed by atoms with Gasteiger partial charge < -0.3 is 9.47 Å². The van der Waals surface area contributed by atoms with Gasteiger partial charge in [-0.05, 0) is 17.0 Å². The van der Waals surface area contributed by atoms with Crippen LogP contribution in [0.4, 0.5) is 0 Å². The fourth-order valence-corrected chi connectivity index (χ4v) is 1.83. The Bertz CT molecular complexity index is 359. The van der Waals surface area contributed by atoms with Gasteiger partial charge in [0.15, 0.2) is 0 Å². The Morgan fingerprint density at radius 2 is 1.94 bits per heavy atom. The van der Waals surface area contributed by atoms with Crippen molar-refractivity contribution in [2.24, 2.45) is 0 Å². The molecule has 0 aromatic heterocycles. The quantitative estimate of drug-likeness (QED) is 0.796. The molecule has 0 aliphatic carbocycles. The summed E-state index contributed by atoms with van der Waals surface area (Å²) in [7, 11) is 0. The Kier molecular flexibility index (Phi) is 4.35. The lowest BCUT2D eigenvalue weighted by molar-refractivity contribution is -0.0672. The van der Waals surface area contributed by atoms with E-state index in [1.807, 2.05) is 0 Å². The Morgan fingerprint density at radius 1 is 1.18 bits per heavy atom. The van der Waals surface area contributed by atoms with Crippen LogP contribution in [0.1, 0.15) is 30.9 Å². The zero-order valence-corrected chi connectivity index (χ0v) is 10.6. The minimum absolute atomic E-state index is 0.105. The highest BCUT2D eigenvalue weighted by Crippen LogP contribution is 2.15. The first-order chi connectivity index (χ1) is 8.25. The topological polar surface area (TPSA) is 18.5 Å². The van der Waals surface area contributed by atoms with Gasteiger partial charge in [0.2, 0.25) is 0 Å². The summed E-state index contributed by atoms with van der Waals surface area (Å²) < 4.78 is 10.9. The van der Waals surface area contributed by atoms with Crippen LogP contribution in [0.2, 0.25) is 0 Å². The minimum Gasteiger partial charge on any atom is -0.376 e. The van der Waals surface area contributed by atoms with E-state index in [0.29, 0.717) is 25.7 Å². The first kappa shape index (κ1) is 12.3. The van der Waals surface area contributed by atoms with Crippen molar-refractivity contribution in [2.45, 2.75) is 25.9 Å². The van der Waals surface area contributed by atoms with Crippen molar-refractivity contribution in [3.8, 4) is 0 Å². The fraction of sp³-hybridized carbons (Fsp3) is 0.467. The van der Waals surface area contributed by atoms with Crippen LogP contribution in [0.5, 0.6) is 0 Å². The molecular weight excluding hydrogens is 212 g/mol. The zero-order valence-electron chi connectivity index (χ0n) is 10.6. The summed E-state index contributed by atoms with van der Waals surface area (Å²) in [4.78, 5) is 0. The Labute approximate surface area is 103 Å². The molecule has 0 bridgehead atoms. The van der Waals surface area contributed by atoms with Crippen LogP contribution < -0.4 is 0 Å². The van der Waals surface area contributed by atoms with Crippen LogP contribution in [0.3, 0.4) is 0 Å². The molecule has 0 amide bonds. The minimum atomic E-state index is 0.105. The molecule has 1 atom stereocenters. The highest BCUT2D eigenvalue weighted by Gasteiger charge is 2.09. The summed E-state index contributed by atoms with van der Waals surface area (Å²) in [5.74, 6) is 0.586. The molecule has 2 nitrogen and oxygen atoms in total. The number of hydrogen-bond donors (Lipinski definition) is 0. The predicted molar refractivity (Wildman–Crippen MR) is 70.1 cm³/mol. The molecule has 1 aliphatic rings. The van der Waals surface area contributed by atoms with Gasteiger partial charge in [0.05, 0.1) is 25.9 Å². The van der Waals surface area contributed by atoms with Crippen LogP contribution in [-0.2, 0) is 9.47 Å².